The van der Waals surface area contributed by atoms with Gasteiger partial charge in [0.15, 0.2) is 6.29 Å². The van der Waals surface area contributed by atoms with Crippen LogP contribution in [-0.2, 0) is 15.9 Å². The lowest BCUT2D eigenvalue weighted by Gasteiger charge is -2.40. The lowest BCUT2D eigenvalue weighted by Crippen LogP contribution is -2.59. The standard InChI is InChI=1S/C40H74N2O8/c1-2-3-4-5-6-7-8-9-10-15-18-21-24-34(44)36(45)32(29-49-40-39(48)38(47)37(46)35(28-43)50-40)33-27-31(41-42-33)23-20-17-14-12-11-13-16-19-22-30-25-26-30/h27,30,32,34-40,43-48H,2-26,28-29H2,1H3,(H,41,42)/t32-,34-,35?,36+,37?,38?,39?,40?/m1/s1. The molecule has 10 heteroatoms. The number of hydrogen-bond acceptors (Lipinski definition) is 9. The van der Waals surface area contributed by atoms with Crippen LogP contribution in [0.1, 0.15) is 178 Å². The highest BCUT2D eigenvalue weighted by atomic mass is 16.7. The third-order valence-corrected chi connectivity index (χ3v) is 11.0. The number of aliphatic hydroxyl groups excluding tert-OH is 6. The van der Waals surface area contributed by atoms with Gasteiger partial charge in [0.1, 0.15) is 24.4 Å². The largest absolute Gasteiger partial charge is 0.394 e. The summed E-state index contributed by atoms with van der Waals surface area (Å²) in [6.07, 6.45) is 21.2. The monoisotopic (exact) mass is 711 g/mol. The van der Waals surface area contributed by atoms with Crippen LogP contribution in [0, 0.1) is 5.92 Å². The number of ether oxygens (including phenoxy) is 2. The molecule has 2 heterocycles. The third kappa shape index (κ3) is 16.7. The van der Waals surface area contributed by atoms with Crippen molar-refractivity contribution in [3.05, 3.63) is 17.5 Å². The Morgan fingerprint density at radius 2 is 1.32 bits per heavy atom. The van der Waals surface area contributed by atoms with Crippen LogP contribution in [0.25, 0.3) is 0 Å². The predicted octanol–water partition coefficient (Wildman–Crippen LogP) is 6.59. The van der Waals surface area contributed by atoms with E-state index >= 15 is 0 Å². The number of aromatic amines is 1. The van der Waals surface area contributed by atoms with E-state index in [1.165, 1.54) is 116 Å². The molecular weight excluding hydrogens is 636 g/mol. The molecule has 1 aliphatic heterocycles. The first-order valence-electron chi connectivity index (χ1n) is 20.7. The van der Waals surface area contributed by atoms with E-state index in [1.807, 2.05) is 6.07 Å². The van der Waals surface area contributed by atoms with Crippen molar-refractivity contribution in [2.45, 2.75) is 216 Å². The van der Waals surface area contributed by atoms with Crippen LogP contribution in [0.15, 0.2) is 6.07 Å². The SMILES string of the molecule is CCCCCCCCCCCCCC[C@@H](O)[C@@H](O)[C@H](COC1OC(CO)C(O)C(O)C1O)c1cc(CCCCCCCCCCC2CC2)[nH]n1. The first-order chi connectivity index (χ1) is 24.3. The topological polar surface area (TPSA) is 169 Å². The minimum absolute atomic E-state index is 0.149. The van der Waals surface area contributed by atoms with Gasteiger partial charge in [0.25, 0.3) is 0 Å². The summed E-state index contributed by atoms with van der Waals surface area (Å²) in [5, 5.41) is 70.5. The molecule has 2 aliphatic rings. The van der Waals surface area contributed by atoms with E-state index in [9.17, 15) is 30.6 Å². The molecule has 0 aromatic carbocycles. The summed E-state index contributed by atoms with van der Waals surface area (Å²) in [5.41, 5.74) is 1.51. The zero-order valence-electron chi connectivity index (χ0n) is 31.3. The maximum Gasteiger partial charge on any atom is 0.186 e. The first kappa shape index (κ1) is 43.3. The molecule has 2 fully saturated rings. The van der Waals surface area contributed by atoms with Crippen molar-refractivity contribution in [1.82, 2.24) is 10.2 Å². The van der Waals surface area contributed by atoms with E-state index < -0.39 is 55.4 Å². The van der Waals surface area contributed by atoms with E-state index in [4.69, 9.17) is 9.47 Å². The molecule has 8 atom stereocenters. The van der Waals surface area contributed by atoms with Gasteiger partial charge in [-0.05, 0) is 31.2 Å². The smallest absolute Gasteiger partial charge is 0.186 e. The Morgan fingerprint density at radius 1 is 0.760 bits per heavy atom. The summed E-state index contributed by atoms with van der Waals surface area (Å²) in [5.74, 6) is 0.320. The Kier molecular flexibility index (Phi) is 22.3. The molecule has 5 unspecified atom stereocenters. The number of aliphatic hydroxyl groups is 6. The molecule has 0 amide bonds. The quantitative estimate of drug-likeness (QED) is 0.0421. The average molecular weight is 711 g/mol. The number of nitrogens with zero attached hydrogens (tertiary/aromatic N) is 1. The van der Waals surface area contributed by atoms with Gasteiger partial charge in [-0.2, -0.15) is 5.10 Å². The normalized spacial score (nSPS) is 24.4. The zero-order chi connectivity index (χ0) is 36.0. The molecule has 7 N–H and O–H groups in total. The first-order valence-corrected chi connectivity index (χ1v) is 20.7. The average Bonchev–Trinajstić information content (AvgIpc) is 3.84. The van der Waals surface area contributed by atoms with Gasteiger partial charge >= 0.3 is 0 Å². The van der Waals surface area contributed by atoms with Crippen LogP contribution in [-0.4, -0.2) is 97.0 Å². The van der Waals surface area contributed by atoms with Crippen molar-refractivity contribution in [1.29, 1.82) is 0 Å². The molecule has 0 bridgehead atoms. The van der Waals surface area contributed by atoms with E-state index in [0.717, 1.165) is 50.1 Å². The van der Waals surface area contributed by atoms with E-state index in [1.54, 1.807) is 0 Å². The summed E-state index contributed by atoms with van der Waals surface area (Å²) in [4.78, 5) is 0. The van der Waals surface area contributed by atoms with Gasteiger partial charge < -0.3 is 40.1 Å². The minimum Gasteiger partial charge on any atom is -0.394 e. The molecule has 1 aromatic heterocycles. The number of nitrogens with one attached hydrogen (secondary N) is 1. The molecule has 50 heavy (non-hydrogen) atoms. The molecule has 1 aliphatic carbocycles. The molecule has 3 rings (SSSR count). The number of aromatic nitrogens is 2. The number of rotatable bonds is 31. The fourth-order valence-corrected chi connectivity index (χ4v) is 7.31. The highest BCUT2D eigenvalue weighted by molar-refractivity contribution is 5.16. The molecule has 1 saturated heterocycles. The summed E-state index contributed by atoms with van der Waals surface area (Å²) < 4.78 is 11.4. The van der Waals surface area contributed by atoms with Gasteiger partial charge in [0.2, 0.25) is 0 Å². The van der Waals surface area contributed by atoms with Crippen molar-refractivity contribution < 1.29 is 40.1 Å². The Morgan fingerprint density at radius 3 is 1.90 bits per heavy atom. The van der Waals surface area contributed by atoms with Gasteiger partial charge in [-0.25, -0.2) is 0 Å². The van der Waals surface area contributed by atoms with Crippen LogP contribution in [0.2, 0.25) is 0 Å². The van der Waals surface area contributed by atoms with Crippen molar-refractivity contribution in [3.8, 4) is 0 Å². The Balaban J connectivity index is 1.43. The van der Waals surface area contributed by atoms with Crippen LogP contribution in [0.5, 0.6) is 0 Å². The van der Waals surface area contributed by atoms with Crippen molar-refractivity contribution in [2.75, 3.05) is 13.2 Å². The Bertz CT molecular complexity index is 960. The third-order valence-electron chi connectivity index (χ3n) is 11.0. The van der Waals surface area contributed by atoms with Gasteiger partial charge in [0, 0.05) is 5.69 Å². The summed E-state index contributed by atoms with van der Waals surface area (Å²) in [6.45, 7) is 1.54. The van der Waals surface area contributed by atoms with Gasteiger partial charge in [-0.15, -0.1) is 0 Å². The van der Waals surface area contributed by atoms with Crippen LogP contribution >= 0.6 is 0 Å². The lowest BCUT2D eigenvalue weighted by atomic mass is 9.91. The number of unbranched alkanes of at least 4 members (excludes halogenated alkanes) is 18. The number of hydrogen-bond donors (Lipinski definition) is 7. The molecule has 0 radical (unpaired) electrons. The Labute approximate surface area is 302 Å². The predicted molar refractivity (Wildman–Crippen MR) is 197 cm³/mol. The highest BCUT2D eigenvalue weighted by Crippen LogP contribution is 2.34. The van der Waals surface area contributed by atoms with Crippen LogP contribution < -0.4 is 0 Å². The van der Waals surface area contributed by atoms with Crippen LogP contribution in [0.3, 0.4) is 0 Å². The minimum atomic E-state index is -1.56. The molecule has 292 valence electrons. The maximum atomic E-state index is 11.4. The zero-order valence-corrected chi connectivity index (χ0v) is 31.3. The van der Waals surface area contributed by atoms with Crippen molar-refractivity contribution >= 4 is 0 Å². The lowest BCUT2D eigenvalue weighted by molar-refractivity contribution is -0.303. The molecule has 0 spiro atoms. The fraction of sp³-hybridized carbons (Fsp3) is 0.925. The second kappa shape index (κ2) is 25.8. The van der Waals surface area contributed by atoms with Crippen molar-refractivity contribution in [2.24, 2.45) is 5.92 Å². The highest BCUT2D eigenvalue weighted by Gasteiger charge is 2.44. The molecule has 10 nitrogen and oxygen atoms in total. The van der Waals surface area contributed by atoms with Gasteiger partial charge in [0.05, 0.1) is 37.0 Å². The molecule has 1 saturated carbocycles. The van der Waals surface area contributed by atoms with Gasteiger partial charge in [-0.1, -0.05) is 148 Å². The second-order valence-corrected chi connectivity index (χ2v) is 15.5. The fourth-order valence-electron chi connectivity index (χ4n) is 7.31. The summed E-state index contributed by atoms with van der Waals surface area (Å²) >= 11 is 0. The van der Waals surface area contributed by atoms with E-state index in [-0.39, 0.29) is 6.61 Å². The second-order valence-electron chi connectivity index (χ2n) is 15.5. The maximum absolute atomic E-state index is 11.4. The van der Waals surface area contributed by atoms with E-state index in [2.05, 4.69) is 17.1 Å². The summed E-state index contributed by atoms with van der Waals surface area (Å²) in [6, 6.07) is 1.92. The number of aryl methyl sites for hydroxylation is 1. The summed E-state index contributed by atoms with van der Waals surface area (Å²) in [7, 11) is 0. The van der Waals surface area contributed by atoms with E-state index in [0.29, 0.717) is 12.1 Å². The van der Waals surface area contributed by atoms with Crippen LogP contribution in [0.4, 0.5) is 0 Å². The molecular formula is C40H74N2O8. The Hall–Kier alpha value is -1.11. The van der Waals surface area contributed by atoms with Crippen molar-refractivity contribution in [3.63, 3.8) is 0 Å². The molecule has 1 aromatic rings. The van der Waals surface area contributed by atoms with Gasteiger partial charge in [-0.3, -0.25) is 5.10 Å². The number of H-pyrrole nitrogens is 1.